The molecule has 0 fully saturated rings. The molecule has 4 heterocycles. The van der Waals surface area contributed by atoms with Crippen molar-refractivity contribution in [1.82, 2.24) is 20.3 Å². The Morgan fingerprint density at radius 1 is 1.21 bits per heavy atom. The van der Waals surface area contributed by atoms with E-state index in [4.69, 9.17) is 10.5 Å². The maximum atomic E-state index is 14.5. The monoisotopic (exact) mass is 543 g/mol. The number of hydrogen-bond acceptors (Lipinski definition) is 6. The van der Waals surface area contributed by atoms with Crippen LogP contribution in [0.4, 0.5) is 17.6 Å². The van der Waals surface area contributed by atoms with Gasteiger partial charge in [0.1, 0.15) is 40.6 Å². The molecule has 39 heavy (non-hydrogen) atoms. The van der Waals surface area contributed by atoms with Gasteiger partial charge in [0, 0.05) is 22.7 Å². The van der Waals surface area contributed by atoms with E-state index in [2.05, 4.69) is 20.3 Å². The minimum Gasteiger partial charge on any atom is -0.489 e. The number of amides is 2. The number of pyridine rings is 2. The zero-order valence-corrected chi connectivity index (χ0v) is 20.3. The molecule has 0 radical (unpaired) electrons. The number of nitrogens with zero attached hydrogens (tertiary/aromatic N) is 2. The van der Waals surface area contributed by atoms with Crippen LogP contribution in [-0.2, 0) is 15.8 Å². The second-order valence-corrected chi connectivity index (χ2v) is 9.39. The normalized spacial score (nSPS) is 18.3. The molecule has 0 saturated carbocycles. The van der Waals surface area contributed by atoms with Gasteiger partial charge in [-0.3, -0.25) is 9.59 Å². The SMILES string of the molecule is C[C@]1(C(N)=O)COc2c1cc(C(O)(CNC(=O)c1cc3cccnc3[nH]1)C(F)(F)F)nc2-c1ccc(F)cc1. The number of fused-ring (bicyclic) bond motifs is 2. The van der Waals surface area contributed by atoms with E-state index in [0.29, 0.717) is 11.0 Å². The number of aliphatic hydroxyl groups is 1. The minimum atomic E-state index is -5.33. The van der Waals surface area contributed by atoms with Crippen LogP contribution in [0.3, 0.4) is 0 Å². The molecule has 4 aromatic rings. The molecular formula is C26H21F4N5O4. The fourth-order valence-corrected chi connectivity index (χ4v) is 4.32. The number of rotatable bonds is 6. The van der Waals surface area contributed by atoms with Gasteiger partial charge in [-0.2, -0.15) is 13.2 Å². The van der Waals surface area contributed by atoms with Gasteiger partial charge < -0.3 is 25.9 Å². The quantitative estimate of drug-likeness (QED) is 0.275. The van der Waals surface area contributed by atoms with Crippen molar-refractivity contribution in [3.8, 4) is 17.0 Å². The zero-order chi connectivity index (χ0) is 28.2. The molecule has 13 heteroatoms. The molecule has 5 N–H and O–H groups in total. The Morgan fingerprint density at radius 2 is 1.92 bits per heavy atom. The van der Waals surface area contributed by atoms with E-state index in [1.54, 1.807) is 12.1 Å². The number of carbonyl (C=O) groups is 2. The maximum Gasteiger partial charge on any atom is 0.424 e. The third kappa shape index (κ3) is 4.34. The highest BCUT2D eigenvalue weighted by Crippen LogP contribution is 2.47. The van der Waals surface area contributed by atoms with Crippen molar-refractivity contribution in [3.05, 3.63) is 77.5 Å². The molecule has 0 saturated heterocycles. The van der Waals surface area contributed by atoms with E-state index in [1.165, 1.54) is 31.3 Å². The fourth-order valence-electron chi connectivity index (χ4n) is 4.32. The van der Waals surface area contributed by atoms with Gasteiger partial charge in [0.05, 0.1) is 12.2 Å². The van der Waals surface area contributed by atoms with Gasteiger partial charge in [-0.15, -0.1) is 0 Å². The highest BCUT2D eigenvalue weighted by molar-refractivity contribution is 5.97. The predicted molar refractivity (Wildman–Crippen MR) is 130 cm³/mol. The Balaban J connectivity index is 1.59. The molecule has 9 nitrogen and oxygen atoms in total. The molecule has 1 aromatic carbocycles. The molecule has 3 aromatic heterocycles. The third-order valence-electron chi connectivity index (χ3n) is 6.77. The number of H-pyrrole nitrogens is 1. The van der Waals surface area contributed by atoms with Gasteiger partial charge in [0.15, 0.2) is 0 Å². The number of alkyl halides is 3. The average molecular weight is 543 g/mol. The van der Waals surface area contributed by atoms with Gasteiger partial charge in [0.25, 0.3) is 5.91 Å². The van der Waals surface area contributed by atoms with E-state index < -0.39 is 47.1 Å². The fraction of sp³-hybridized carbons (Fsp3) is 0.231. The third-order valence-corrected chi connectivity index (χ3v) is 6.77. The van der Waals surface area contributed by atoms with Crippen LogP contribution in [0.1, 0.15) is 28.7 Å². The molecule has 2 amide bonds. The number of hydrogen-bond donors (Lipinski definition) is 4. The van der Waals surface area contributed by atoms with Gasteiger partial charge in [-0.25, -0.2) is 14.4 Å². The summed E-state index contributed by atoms with van der Waals surface area (Å²) >= 11 is 0. The van der Waals surface area contributed by atoms with Crippen LogP contribution in [0.2, 0.25) is 0 Å². The topological polar surface area (TPSA) is 143 Å². The Kier molecular flexibility index (Phi) is 6.06. The van der Waals surface area contributed by atoms with E-state index in [1.807, 2.05) is 0 Å². The lowest BCUT2D eigenvalue weighted by atomic mass is 9.81. The van der Waals surface area contributed by atoms with Crippen molar-refractivity contribution in [2.75, 3.05) is 13.2 Å². The molecule has 1 unspecified atom stereocenters. The average Bonchev–Trinajstić information content (AvgIpc) is 3.49. The first kappa shape index (κ1) is 26.1. The number of nitrogens with two attached hydrogens (primary N) is 1. The number of primary amides is 1. The first-order valence-electron chi connectivity index (χ1n) is 11.6. The molecule has 1 aliphatic heterocycles. The summed E-state index contributed by atoms with van der Waals surface area (Å²) in [6.45, 7) is -0.217. The van der Waals surface area contributed by atoms with Crippen LogP contribution < -0.4 is 15.8 Å². The summed E-state index contributed by atoms with van der Waals surface area (Å²) in [5.41, 5.74) is -0.349. The number of aromatic amines is 1. The Morgan fingerprint density at radius 3 is 2.56 bits per heavy atom. The van der Waals surface area contributed by atoms with Crippen LogP contribution in [0.15, 0.2) is 54.7 Å². The summed E-state index contributed by atoms with van der Waals surface area (Å²) in [5.74, 6) is -2.43. The summed E-state index contributed by atoms with van der Waals surface area (Å²) in [6.07, 6.45) is -3.85. The first-order chi connectivity index (χ1) is 18.3. The predicted octanol–water partition coefficient (Wildman–Crippen LogP) is 3.08. The zero-order valence-electron chi connectivity index (χ0n) is 20.3. The molecule has 0 bridgehead atoms. The molecule has 1 aliphatic rings. The number of aromatic nitrogens is 3. The summed E-state index contributed by atoms with van der Waals surface area (Å²) in [7, 11) is 0. The lowest BCUT2D eigenvalue weighted by Crippen LogP contribution is -2.52. The molecule has 202 valence electrons. The minimum absolute atomic E-state index is 0.0224. The van der Waals surface area contributed by atoms with Crippen LogP contribution in [-0.4, -0.2) is 51.2 Å². The van der Waals surface area contributed by atoms with E-state index in [-0.39, 0.29) is 34.9 Å². The van der Waals surface area contributed by atoms with Gasteiger partial charge in [-0.1, -0.05) is 0 Å². The second kappa shape index (κ2) is 9.05. The van der Waals surface area contributed by atoms with E-state index >= 15 is 0 Å². The number of halogens is 4. The maximum absolute atomic E-state index is 14.5. The number of ether oxygens (including phenoxy) is 1. The van der Waals surface area contributed by atoms with Crippen molar-refractivity contribution in [2.24, 2.45) is 5.73 Å². The van der Waals surface area contributed by atoms with E-state index in [0.717, 1.165) is 18.2 Å². The highest BCUT2D eigenvalue weighted by atomic mass is 19.4. The van der Waals surface area contributed by atoms with Gasteiger partial charge in [-0.05, 0) is 55.5 Å². The lowest BCUT2D eigenvalue weighted by Gasteiger charge is -2.31. The smallest absolute Gasteiger partial charge is 0.424 e. The van der Waals surface area contributed by atoms with Gasteiger partial charge in [0.2, 0.25) is 11.5 Å². The van der Waals surface area contributed by atoms with Crippen molar-refractivity contribution in [1.29, 1.82) is 0 Å². The Labute approximate surface area is 218 Å². The van der Waals surface area contributed by atoms with Crippen LogP contribution in [0.5, 0.6) is 5.75 Å². The summed E-state index contributed by atoms with van der Waals surface area (Å²) < 4.78 is 62.6. The van der Waals surface area contributed by atoms with E-state index in [9.17, 15) is 32.3 Å². The lowest BCUT2D eigenvalue weighted by molar-refractivity contribution is -0.265. The molecule has 5 rings (SSSR count). The van der Waals surface area contributed by atoms with Crippen molar-refractivity contribution < 1.29 is 37.0 Å². The van der Waals surface area contributed by atoms with Crippen LogP contribution in [0.25, 0.3) is 22.3 Å². The Bertz CT molecular complexity index is 1570. The first-order valence-corrected chi connectivity index (χ1v) is 11.6. The van der Waals surface area contributed by atoms with Crippen LogP contribution >= 0.6 is 0 Å². The number of benzene rings is 1. The largest absolute Gasteiger partial charge is 0.489 e. The second-order valence-electron chi connectivity index (χ2n) is 9.39. The van der Waals surface area contributed by atoms with Crippen molar-refractivity contribution >= 4 is 22.8 Å². The number of nitrogens with one attached hydrogen (secondary N) is 2. The molecule has 0 spiro atoms. The summed E-state index contributed by atoms with van der Waals surface area (Å²) in [5, 5.41) is 13.7. The van der Waals surface area contributed by atoms with Crippen molar-refractivity contribution in [2.45, 2.75) is 24.1 Å². The van der Waals surface area contributed by atoms with Gasteiger partial charge >= 0.3 is 6.18 Å². The molecule has 0 aliphatic carbocycles. The molecular weight excluding hydrogens is 522 g/mol. The molecule has 2 atom stereocenters. The summed E-state index contributed by atoms with van der Waals surface area (Å²) in [6, 6.07) is 10.3. The number of carbonyl (C=O) groups excluding carboxylic acids is 2. The summed E-state index contributed by atoms with van der Waals surface area (Å²) in [4.78, 5) is 35.8. The standard InChI is InChI=1S/C26H21F4N5O4/c1-24(23(31)37)12-39-20-16(24)10-18(35-19(20)13-4-6-15(27)7-5-13)25(38,26(28,29)30)11-33-22(36)17-9-14-3-2-8-32-21(14)34-17/h2-10,38H,11-12H2,1H3,(H2,31,37)(H,32,34)(H,33,36)/t24-,25?/m0/s1. The Hall–Kier alpha value is -4.52. The highest BCUT2D eigenvalue weighted by Gasteiger charge is 2.57. The van der Waals surface area contributed by atoms with Crippen molar-refractivity contribution in [3.63, 3.8) is 0 Å². The van der Waals surface area contributed by atoms with Crippen LogP contribution in [0, 0.1) is 5.82 Å².